The van der Waals surface area contributed by atoms with Crippen LogP contribution in [0.1, 0.15) is 55.6 Å². The second kappa shape index (κ2) is 37.6. The van der Waals surface area contributed by atoms with Gasteiger partial charge in [0.05, 0.1) is 64.7 Å². The number of carboxylic acids is 7. The molecule has 0 unspecified atom stereocenters. The Morgan fingerprint density at radius 2 is 0.667 bits per heavy atom. The first-order valence-corrected chi connectivity index (χ1v) is 25.3. The molecule has 442 valence electrons. The number of aryl methyl sites for hydroxylation is 2. The summed E-state index contributed by atoms with van der Waals surface area (Å²) in [6.07, 6.45) is -4.30. The molecule has 0 aliphatic heterocycles. The van der Waals surface area contributed by atoms with Crippen LogP contribution in [-0.2, 0) is 84.7 Å². The number of carbonyl (C=O) groups is 7. The third kappa shape index (κ3) is 32.1. The van der Waals surface area contributed by atoms with Crippen LogP contribution in [-0.4, -0.2) is 91.8 Å². The maximum Gasteiger partial charge on any atom is 0.416 e. The highest BCUT2D eigenvalue weighted by Crippen LogP contribution is 2.29. The molecule has 0 spiro atoms. The molecule has 0 atom stereocenters. The number of carboxylic acid groups (broad SMARTS) is 7. The average Bonchev–Trinajstić information content (AvgIpc) is 3.50. The van der Waals surface area contributed by atoms with Crippen molar-refractivity contribution < 1.29 is 92.0 Å². The molecule has 0 amide bonds. The fourth-order valence-electron chi connectivity index (χ4n) is 7.08. The molecule has 0 heterocycles. The normalized spacial score (nSPS) is 9.89. The van der Waals surface area contributed by atoms with Crippen LogP contribution in [0.5, 0.6) is 11.5 Å². The van der Waals surface area contributed by atoms with Gasteiger partial charge in [-0.25, -0.2) is 0 Å². The summed E-state index contributed by atoms with van der Waals surface area (Å²) in [5.74, 6) is -4.51. The van der Waals surface area contributed by atoms with Crippen molar-refractivity contribution in [1.82, 2.24) is 0 Å². The Balaban J connectivity index is 0.000000336. The zero-order chi connectivity index (χ0) is 62.6. The lowest BCUT2D eigenvalue weighted by Crippen LogP contribution is -2.07. The Hall–Kier alpha value is -10.3. The Bertz CT molecular complexity index is 3340. The highest BCUT2D eigenvalue weighted by atomic mass is 19.4. The first-order valence-electron chi connectivity index (χ1n) is 25.3. The van der Waals surface area contributed by atoms with Gasteiger partial charge >= 0.3 is 48.0 Å². The molecule has 8 aromatic carbocycles. The number of rotatable bonds is 16. The fourth-order valence-corrected chi connectivity index (χ4v) is 7.08. The highest BCUT2D eigenvalue weighted by Gasteiger charge is 2.30. The van der Waals surface area contributed by atoms with Gasteiger partial charge in [0.2, 0.25) is 0 Å². The summed E-state index contributed by atoms with van der Waals surface area (Å²) in [6.45, 7) is 3.93. The summed E-state index contributed by atoms with van der Waals surface area (Å²) in [4.78, 5) is 72.1. The smallest absolute Gasteiger partial charge is 0.416 e. The SMILES string of the molecule is COc1ccc(CC(=O)O)cc1.COc1cccc(CC(=O)O)c1.Cc1ccc(CC(=O)O)cc1.Cc1cccc(CC(=O)O)c1.O=C(O)Cc1ccc2ccccc2c1.O=C(O)Cc1cccc(C(F)(F)F)c1.O=C(O)Cc1ccccc1. The molecule has 0 radical (unpaired) electrons. The van der Waals surface area contributed by atoms with Crippen LogP contribution in [0.25, 0.3) is 10.8 Å². The van der Waals surface area contributed by atoms with Crippen LogP contribution in [0, 0.1) is 13.8 Å². The largest absolute Gasteiger partial charge is 0.497 e. The van der Waals surface area contributed by atoms with Gasteiger partial charge in [-0.15, -0.1) is 0 Å². The lowest BCUT2D eigenvalue weighted by atomic mass is 10.1. The Labute approximate surface area is 483 Å². The summed E-state index contributed by atoms with van der Waals surface area (Å²) in [5, 5.41) is 61.5. The van der Waals surface area contributed by atoms with Crippen molar-refractivity contribution in [1.29, 1.82) is 0 Å². The van der Waals surface area contributed by atoms with Gasteiger partial charge in [-0.2, -0.15) is 13.2 Å². The van der Waals surface area contributed by atoms with Gasteiger partial charge in [-0.05, 0) is 93.9 Å². The Morgan fingerprint density at radius 1 is 0.321 bits per heavy atom. The Kier molecular flexibility index (Phi) is 31.2. The van der Waals surface area contributed by atoms with Crippen LogP contribution in [0.15, 0.2) is 194 Å². The van der Waals surface area contributed by atoms with E-state index in [9.17, 15) is 46.7 Å². The van der Waals surface area contributed by atoms with Gasteiger partial charge in [0.15, 0.2) is 0 Å². The average molecular weight is 1160 g/mol. The van der Waals surface area contributed by atoms with Crippen molar-refractivity contribution in [2.45, 2.75) is 65.0 Å². The van der Waals surface area contributed by atoms with Crippen molar-refractivity contribution in [3.05, 3.63) is 250 Å². The van der Waals surface area contributed by atoms with Crippen molar-refractivity contribution in [3.63, 3.8) is 0 Å². The molecule has 7 N–H and O–H groups in total. The van der Waals surface area contributed by atoms with Crippen LogP contribution in [0.3, 0.4) is 0 Å². The predicted octanol–water partition coefficient (Wildman–Crippen LogP) is 12.0. The van der Waals surface area contributed by atoms with E-state index in [4.69, 9.17) is 45.2 Å². The van der Waals surface area contributed by atoms with Crippen LogP contribution in [0.2, 0.25) is 0 Å². The lowest BCUT2D eigenvalue weighted by molar-refractivity contribution is -0.138. The predicted molar refractivity (Wildman–Crippen MR) is 310 cm³/mol. The van der Waals surface area contributed by atoms with E-state index < -0.39 is 59.9 Å². The molecular weight excluding hydrogens is 1090 g/mol. The minimum Gasteiger partial charge on any atom is -0.497 e. The number of hydrogen-bond donors (Lipinski definition) is 7. The van der Waals surface area contributed by atoms with Crippen molar-refractivity contribution in [2.75, 3.05) is 14.2 Å². The zero-order valence-electron chi connectivity index (χ0n) is 46.4. The Morgan fingerprint density at radius 3 is 1.11 bits per heavy atom. The number of alkyl halides is 3. The second-order valence-electron chi connectivity index (χ2n) is 18.0. The van der Waals surface area contributed by atoms with Gasteiger partial charge in [-0.3, -0.25) is 33.6 Å². The molecule has 0 saturated carbocycles. The molecule has 8 aromatic rings. The molecule has 16 nitrogen and oxygen atoms in total. The maximum atomic E-state index is 12.2. The maximum absolute atomic E-state index is 12.2. The van der Waals surface area contributed by atoms with E-state index in [1.165, 1.54) is 12.1 Å². The van der Waals surface area contributed by atoms with Gasteiger partial charge in [0.25, 0.3) is 0 Å². The number of aliphatic carboxylic acids is 7. The van der Waals surface area contributed by atoms with Gasteiger partial charge in [-0.1, -0.05) is 175 Å². The van der Waals surface area contributed by atoms with Gasteiger partial charge < -0.3 is 45.2 Å². The highest BCUT2D eigenvalue weighted by molar-refractivity contribution is 5.84. The molecular formula is C65H65F3O16. The number of fused-ring (bicyclic) bond motifs is 1. The van der Waals surface area contributed by atoms with E-state index >= 15 is 0 Å². The topological polar surface area (TPSA) is 280 Å². The third-order valence-electron chi connectivity index (χ3n) is 10.9. The van der Waals surface area contributed by atoms with E-state index in [0.29, 0.717) is 5.75 Å². The number of hydrogen-bond acceptors (Lipinski definition) is 9. The van der Waals surface area contributed by atoms with Crippen molar-refractivity contribution in [3.8, 4) is 11.5 Å². The molecule has 19 heteroatoms. The quantitative estimate of drug-likeness (QED) is 0.0473. The van der Waals surface area contributed by atoms with E-state index in [2.05, 4.69) is 0 Å². The van der Waals surface area contributed by atoms with E-state index in [0.717, 1.165) is 73.2 Å². The molecule has 0 fully saturated rings. The number of ether oxygens (including phenoxy) is 2. The number of benzene rings is 8. The molecule has 84 heavy (non-hydrogen) atoms. The van der Waals surface area contributed by atoms with Gasteiger partial charge in [0, 0.05) is 0 Å². The van der Waals surface area contributed by atoms with E-state index in [-0.39, 0.29) is 44.1 Å². The van der Waals surface area contributed by atoms with Crippen LogP contribution >= 0.6 is 0 Å². The van der Waals surface area contributed by atoms with E-state index in [1.54, 1.807) is 74.9 Å². The molecule has 0 aliphatic rings. The van der Waals surface area contributed by atoms with Crippen LogP contribution < -0.4 is 9.47 Å². The molecule has 0 bridgehead atoms. The summed E-state index contributed by atoms with van der Waals surface area (Å²) >= 11 is 0. The minimum atomic E-state index is -4.42. The third-order valence-corrected chi connectivity index (χ3v) is 10.9. The summed E-state index contributed by atoms with van der Waals surface area (Å²) in [7, 11) is 3.13. The number of methoxy groups -OCH3 is 2. The van der Waals surface area contributed by atoms with Crippen molar-refractivity contribution in [2.24, 2.45) is 0 Å². The van der Waals surface area contributed by atoms with Gasteiger partial charge in [0.1, 0.15) is 11.5 Å². The first-order chi connectivity index (χ1) is 39.7. The second-order valence-corrected chi connectivity index (χ2v) is 18.0. The summed E-state index contributed by atoms with van der Waals surface area (Å²) in [5.41, 5.74) is 6.50. The monoisotopic (exact) mass is 1160 g/mol. The van der Waals surface area contributed by atoms with Crippen LogP contribution in [0.4, 0.5) is 13.2 Å². The fraction of sp³-hybridized carbons (Fsp3) is 0.185. The molecule has 0 aromatic heterocycles. The lowest BCUT2D eigenvalue weighted by Gasteiger charge is -2.07. The zero-order valence-corrected chi connectivity index (χ0v) is 46.4. The minimum absolute atomic E-state index is 0.0389. The first kappa shape index (κ1) is 69.8. The summed E-state index contributed by atoms with van der Waals surface area (Å²) < 4.78 is 46.3. The molecule has 0 aliphatic carbocycles. The van der Waals surface area contributed by atoms with Crippen molar-refractivity contribution >= 4 is 52.6 Å². The molecule has 0 saturated heterocycles. The molecule has 8 rings (SSSR count). The number of halogens is 3. The summed E-state index contributed by atoms with van der Waals surface area (Å²) in [6, 6.07) is 56.1. The standard InChI is InChI=1S/C12H10O2.C9H7F3O2.2C9H10O3.2C9H10O2.C8H8O2/c13-12(14)8-9-5-6-10-3-1-2-4-11(10)7-9;10-9(11,12)7-3-1-2-6(4-7)5-8(13)14;1-12-8-4-2-7(3-5-8)6-9(10)11;1-12-8-4-2-3-7(5-8)6-9(10)11;1-7-2-4-8(5-3-7)6-9(10)11;1-7-3-2-4-8(5-7)6-9(10)11;9-8(10)6-7-4-2-1-3-5-7/h1-7H,8H2,(H,13,14);1-4H,5H2,(H,13,14);2*2-5H,6H2,1H3,(H,10,11);2*2-5H,6H2,1H3,(H,10,11);1-5H,6H2,(H,9,10). The van der Waals surface area contributed by atoms with E-state index in [1.807, 2.05) is 123 Å².